The van der Waals surface area contributed by atoms with Crippen LogP contribution in [-0.2, 0) is 14.4 Å². The largest absolute Gasteiger partial charge is 0.550 e. The summed E-state index contributed by atoms with van der Waals surface area (Å²) in [5, 5.41) is 11.5. The average molecular weight is 293 g/mol. The third-order valence-corrected chi connectivity index (χ3v) is 3.98. The van der Waals surface area contributed by atoms with Gasteiger partial charge in [0, 0.05) is 11.9 Å². The Kier molecular flexibility index (Phi) is 6.88. The molecule has 3 atom stereocenters. The van der Waals surface area contributed by atoms with Crippen molar-refractivity contribution in [2.24, 2.45) is 11.8 Å². The van der Waals surface area contributed by atoms with Crippen molar-refractivity contribution in [2.45, 2.75) is 39.0 Å². The van der Waals surface area contributed by atoms with Gasteiger partial charge in [0.1, 0.15) is 0 Å². The molecule has 0 fully saturated rings. The number of carboxylic acid groups (broad SMARTS) is 1. The predicted octanol–water partition coefficient (Wildman–Crippen LogP) is 0.663. The number of hydrogen-bond acceptors (Lipinski definition) is 4. The smallest absolute Gasteiger partial charge is 0.370 e. The summed E-state index contributed by atoms with van der Waals surface area (Å²) in [6.45, 7) is 3.77. The molecule has 5 heteroatoms. The standard InChI is InChI=1S/C16H23NO4/c1-3-11(12-8-6-5-7-9-12)10-14(15(18)19)13(4-2)16(20)21-17/h5-9,11,13-14H,3-4,10H2,1-2,17H3. The fraction of sp³-hybridized carbons (Fsp3) is 0.500. The lowest BCUT2D eigenvalue weighted by molar-refractivity contribution is -0.658. The molecule has 0 saturated carbocycles. The Balaban J connectivity index is 2.95. The fourth-order valence-electron chi connectivity index (χ4n) is 2.72. The molecular weight excluding hydrogens is 270 g/mol. The number of benzene rings is 1. The Hall–Kier alpha value is -1.88. The molecule has 116 valence electrons. The van der Waals surface area contributed by atoms with Gasteiger partial charge in [0.15, 0.2) is 0 Å². The zero-order chi connectivity index (χ0) is 15.8. The molecule has 0 radical (unpaired) electrons. The predicted molar refractivity (Wildman–Crippen MR) is 75.3 cm³/mol. The summed E-state index contributed by atoms with van der Waals surface area (Å²) < 4.78 is 0. The number of carbonyl (C=O) groups excluding carboxylic acids is 2. The highest BCUT2D eigenvalue weighted by atomic mass is 16.7. The minimum absolute atomic E-state index is 0.0702. The van der Waals surface area contributed by atoms with Gasteiger partial charge in [-0.2, -0.15) is 5.90 Å². The molecule has 1 rings (SSSR count). The van der Waals surface area contributed by atoms with Gasteiger partial charge in [0.2, 0.25) is 0 Å². The second-order valence-electron chi connectivity index (χ2n) is 5.16. The summed E-state index contributed by atoms with van der Waals surface area (Å²) in [5.41, 5.74) is 1.07. The first kappa shape index (κ1) is 17.2. The van der Waals surface area contributed by atoms with E-state index in [9.17, 15) is 14.7 Å². The number of carbonyl (C=O) groups is 2. The van der Waals surface area contributed by atoms with Crippen LogP contribution >= 0.6 is 0 Å². The SMILES string of the molecule is CCC(CC(C(=O)[O-])C(CC)C(=O)O[NH3+])c1ccccc1. The zero-order valence-electron chi connectivity index (χ0n) is 12.6. The molecule has 1 aromatic carbocycles. The summed E-state index contributed by atoms with van der Waals surface area (Å²) in [5.74, 6) is -0.218. The van der Waals surface area contributed by atoms with Crippen molar-refractivity contribution in [1.82, 2.24) is 0 Å². The third kappa shape index (κ3) is 4.56. The van der Waals surface area contributed by atoms with Crippen LogP contribution in [0.15, 0.2) is 30.3 Å². The molecule has 21 heavy (non-hydrogen) atoms. The molecule has 0 bridgehead atoms. The van der Waals surface area contributed by atoms with Crippen LogP contribution in [0.5, 0.6) is 0 Å². The van der Waals surface area contributed by atoms with E-state index in [-0.39, 0.29) is 5.92 Å². The normalized spacial score (nSPS) is 15.0. The van der Waals surface area contributed by atoms with Crippen molar-refractivity contribution in [1.29, 1.82) is 0 Å². The van der Waals surface area contributed by atoms with Crippen molar-refractivity contribution < 1.29 is 25.4 Å². The quantitative estimate of drug-likeness (QED) is 0.712. The lowest BCUT2D eigenvalue weighted by Crippen LogP contribution is -2.54. The minimum atomic E-state index is -1.21. The molecule has 0 aromatic heterocycles. The van der Waals surface area contributed by atoms with Crippen LogP contribution in [0.2, 0.25) is 0 Å². The molecule has 5 nitrogen and oxygen atoms in total. The lowest BCUT2D eigenvalue weighted by atomic mass is 9.79. The van der Waals surface area contributed by atoms with Crippen LogP contribution in [0.4, 0.5) is 0 Å². The Morgan fingerprint density at radius 1 is 1.14 bits per heavy atom. The van der Waals surface area contributed by atoms with Gasteiger partial charge in [-0.05, 0) is 30.7 Å². The van der Waals surface area contributed by atoms with Gasteiger partial charge >= 0.3 is 5.97 Å². The molecular formula is C16H23NO4. The van der Waals surface area contributed by atoms with E-state index in [1.54, 1.807) is 6.92 Å². The first-order valence-corrected chi connectivity index (χ1v) is 7.26. The highest BCUT2D eigenvalue weighted by Crippen LogP contribution is 2.31. The van der Waals surface area contributed by atoms with Crippen molar-refractivity contribution in [3.05, 3.63) is 35.9 Å². The number of quaternary nitrogens is 1. The Labute approximate surface area is 125 Å². The zero-order valence-corrected chi connectivity index (χ0v) is 12.6. The summed E-state index contributed by atoms with van der Waals surface area (Å²) in [6.07, 6.45) is 1.54. The highest BCUT2D eigenvalue weighted by molar-refractivity contribution is 5.79. The Morgan fingerprint density at radius 3 is 2.19 bits per heavy atom. The van der Waals surface area contributed by atoms with Crippen molar-refractivity contribution in [2.75, 3.05) is 0 Å². The van der Waals surface area contributed by atoms with Crippen LogP contribution in [0.25, 0.3) is 0 Å². The monoisotopic (exact) mass is 293 g/mol. The number of aliphatic carboxylic acids is 1. The Bertz CT molecular complexity index is 461. The number of hydrogen-bond donors (Lipinski definition) is 1. The van der Waals surface area contributed by atoms with Crippen molar-refractivity contribution in [3.63, 3.8) is 0 Å². The van der Waals surface area contributed by atoms with E-state index in [4.69, 9.17) is 0 Å². The fourth-order valence-corrected chi connectivity index (χ4v) is 2.72. The molecule has 0 saturated heterocycles. The summed E-state index contributed by atoms with van der Waals surface area (Å²) >= 11 is 0. The topological polar surface area (TPSA) is 94.1 Å². The molecule has 0 spiro atoms. The first-order valence-electron chi connectivity index (χ1n) is 7.26. The second-order valence-corrected chi connectivity index (χ2v) is 5.16. The van der Waals surface area contributed by atoms with E-state index < -0.39 is 23.8 Å². The molecule has 1 aromatic rings. The molecule has 3 unspecified atom stereocenters. The molecule has 0 aliphatic carbocycles. The second kappa shape index (κ2) is 8.42. The van der Waals surface area contributed by atoms with Crippen LogP contribution in [0, 0.1) is 11.8 Å². The van der Waals surface area contributed by atoms with E-state index in [2.05, 4.69) is 10.7 Å². The first-order chi connectivity index (χ1) is 10.0. The van der Waals surface area contributed by atoms with Gasteiger partial charge in [-0.15, -0.1) is 0 Å². The maximum Gasteiger partial charge on any atom is 0.370 e. The van der Waals surface area contributed by atoms with E-state index in [1.807, 2.05) is 37.3 Å². The maximum absolute atomic E-state index is 11.7. The third-order valence-electron chi connectivity index (χ3n) is 3.98. The summed E-state index contributed by atoms with van der Waals surface area (Å²) in [6, 6.07) is 9.71. The number of carboxylic acids is 1. The van der Waals surface area contributed by atoms with Crippen LogP contribution in [-0.4, -0.2) is 11.9 Å². The van der Waals surface area contributed by atoms with Gasteiger partial charge in [-0.3, -0.25) is 4.84 Å². The van der Waals surface area contributed by atoms with Crippen molar-refractivity contribution >= 4 is 11.9 Å². The molecule has 0 aliphatic rings. The van der Waals surface area contributed by atoms with Gasteiger partial charge in [-0.1, -0.05) is 44.2 Å². The van der Waals surface area contributed by atoms with E-state index in [0.717, 1.165) is 12.0 Å². The van der Waals surface area contributed by atoms with Crippen LogP contribution in [0.3, 0.4) is 0 Å². The van der Waals surface area contributed by atoms with Crippen LogP contribution < -0.4 is 11.0 Å². The van der Waals surface area contributed by atoms with Crippen molar-refractivity contribution in [3.8, 4) is 0 Å². The van der Waals surface area contributed by atoms with Gasteiger partial charge < -0.3 is 9.90 Å². The molecule has 3 N–H and O–H groups in total. The lowest BCUT2D eigenvalue weighted by Gasteiger charge is -2.28. The van der Waals surface area contributed by atoms with E-state index in [1.165, 1.54) is 0 Å². The minimum Gasteiger partial charge on any atom is -0.550 e. The van der Waals surface area contributed by atoms with Gasteiger partial charge in [0.05, 0.1) is 5.92 Å². The molecule has 0 aliphatic heterocycles. The molecule has 0 amide bonds. The Morgan fingerprint density at radius 2 is 1.76 bits per heavy atom. The summed E-state index contributed by atoms with van der Waals surface area (Å²) in [4.78, 5) is 27.7. The van der Waals surface area contributed by atoms with E-state index >= 15 is 0 Å². The molecule has 0 heterocycles. The summed E-state index contributed by atoms with van der Waals surface area (Å²) in [7, 11) is 0. The average Bonchev–Trinajstić information content (AvgIpc) is 2.51. The van der Waals surface area contributed by atoms with Gasteiger partial charge in [0.25, 0.3) is 0 Å². The maximum atomic E-state index is 11.7. The van der Waals surface area contributed by atoms with E-state index in [0.29, 0.717) is 12.8 Å². The van der Waals surface area contributed by atoms with Crippen LogP contribution in [0.1, 0.15) is 44.6 Å². The number of rotatable bonds is 8. The van der Waals surface area contributed by atoms with Gasteiger partial charge in [-0.25, -0.2) is 4.79 Å². The highest BCUT2D eigenvalue weighted by Gasteiger charge is 2.32.